The van der Waals surface area contributed by atoms with Crippen LogP contribution in [0.3, 0.4) is 0 Å². The van der Waals surface area contributed by atoms with Gasteiger partial charge in [-0.25, -0.2) is 4.98 Å². The Morgan fingerprint density at radius 2 is 2.12 bits per heavy atom. The summed E-state index contributed by atoms with van der Waals surface area (Å²) in [5, 5.41) is 3.36. The summed E-state index contributed by atoms with van der Waals surface area (Å²) in [5.41, 5.74) is 7.19. The number of nitrogens with two attached hydrogens (primary N) is 1. The molecule has 2 rings (SSSR count). The number of hydrogen-bond acceptors (Lipinski definition) is 4. The molecule has 0 aliphatic heterocycles. The van der Waals surface area contributed by atoms with Crippen molar-refractivity contribution in [2.24, 2.45) is 5.73 Å². The Labute approximate surface area is 108 Å². The maximum Gasteiger partial charge on any atom is 0.0897 e. The number of hydrogen-bond donors (Lipinski definition) is 1. The van der Waals surface area contributed by atoms with Gasteiger partial charge in [0.15, 0.2) is 0 Å². The fourth-order valence-corrected chi connectivity index (χ4v) is 3.26. The monoisotopic (exact) mass is 253 g/mol. The van der Waals surface area contributed by atoms with Gasteiger partial charge in [0, 0.05) is 24.0 Å². The molecule has 0 bridgehead atoms. The first kappa shape index (κ1) is 13.0. The average molecular weight is 253 g/mol. The first-order valence-corrected chi connectivity index (χ1v) is 7.47. The van der Waals surface area contributed by atoms with Crippen molar-refractivity contribution >= 4 is 11.3 Å². The van der Waals surface area contributed by atoms with Crippen LogP contribution in [-0.4, -0.2) is 28.5 Å². The second-order valence-corrected chi connectivity index (χ2v) is 6.05. The van der Waals surface area contributed by atoms with Crippen LogP contribution in [0.2, 0.25) is 0 Å². The Kier molecular flexibility index (Phi) is 4.54. The molecule has 0 radical (unpaired) electrons. The lowest BCUT2D eigenvalue weighted by molar-refractivity contribution is 0.148. The van der Waals surface area contributed by atoms with E-state index in [0.717, 1.165) is 13.1 Å². The van der Waals surface area contributed by atoms with Crippen molar-refractivity contribution in [1.82, 2.24) is 9.88 Å². The van der Waals surface area contributed by atoms with E-state index in [1.54, 1.807) is 11.3 Å². The van der Waals surface area contributed by atoms with Gasteiger partial charge in [-0.2, -0.15) is 0 Å². The van der Waals surface area contributed by atoms with Crippen LogP contribution in [0.1, 0.15) is 43.3 Å². The van der Waals surface area contributed by atoms with Gasteiger partial charge in [-0.15, -0.1) is 11.3 Å². The van der Waals surface area contributed by atoms with E-state index >= 15 is 0 Å². The number of thiazole rings is 1. The fourth-order valence-electron chi connectivity index (χ4n) is 2.65. The highest BCUT2D eigenvalue weighted by Crippen LogP contribution is 2.23. The molecule has 2 N–H and O–H groups in total. The quantitative estimate of drug-likeness (QED) is 0.896. The van der Waals surface area contributed by atoms with Gasteiger partial charge in [0.2, 0.25) is 0 Å². The zero-order valence-electron chi connectivity index (χ0n) is 10.9. The third-order valence-corrected chi connectivity index (χ3v) is 4.52. The molecule has 4 heteroatoms. The summed E-state index contributed by atoms with van der Waals surface area (Å²) in [5.74, 6) is 0. The Morgan fingerprint density at radius 1 is 1.41 bits per heavy atom. The molecule has 3 nitrogen and oxygen atoms in total. The molecule has 96 valence electrons. The molecule has 0 aromatic carbocycles. The minimum absolute atomic E-state index is 0.437. The Morgan fingerprint density at radius 3 is 2.65 bits per heavy atom. The summed E-state index contributed by atoms with van der Waals surface area (Å²) < 4.78 is 0. The minimum Gasteiger partial charge on any atom is -0.328 e. The zero-order valence-corrected chi connectivity index (χ0v) is 11.7. The lowest BCUT2D eigenvalue weighted by Crippen LogP contribution is -2.40. The minimum atomic E-state index is 0.437. The molecule has 0 atom stereocenters. The van der Waals surface area contributed by atoms with E-state index < -0.39 is 0 Å². The number of aromatic nitrogens is 1. The van der Waals surface area contributed by atoms with Gasteiger partial charge in [0.1, 0.15) is 0 Å². The van der Waals surface area contributed by atoms with Crippen LogP contribution in [0.5, 0.6) is 0 Å². The van der Waals surface area contributed by atoms with E-state index in [1.807, 2.05) is 0 Å². The van der Waals surface area contributed by atoms with Crippen LogP contribution in [0.4, 0.5) is 0 Å². The maximum absolute atomic E-state index is 5.97. The molecule has 17 heavy (non-hydrogen) atoms. The van der Waals surface area contributed by atoms with Gasteiger partial charge < -0.3 is 5.73 Å². The molecular formula is C13H23N3S. The number of aryl methyl sites for hydroxylation is 1. The second kappa shape index (κ2) is 5.94. The largest absolute Gasteiger partial charge is 0.328 e. The van der Waals surface area contributed by atoms with Crippen molar-refractivity contribution in [3.05, 3.63) is 16.1 Å². The summed E-state index contributed by atoms with van der Waals surface area (Å²) in [6, 6.07) is 1.15. The van der Waals surface area contributed by atoms with Crippen molar-refractivity contribution in [2.45, 2.75) is 58.2 Å². The third-order valence-electron chi connectivity index (χ3n) is 3.70. The SMILES string of the molecule is CCN(Cc1csc(C)n1)C1CCC(N)CC1. The van der Waals surface area contributed by atoms with Crippen LogP contribution in [0.25, 0.3) is 0 Å². The summed E-state index contributed by atoms with van der Waals surface area (Å²) in [4.78, 5) is 7.12. The third kappa shape index (κ3) is 3.50. The topological polar surface area (TPSA) is 42.2 Å². The van der Waals surface area contributed by atoms with Crippen LogP contribution in [-0.2, 0) is 6.54 Å². The maximum atomic E-state index is 5.97. The predicted octanol–water partition coefficient (Wildman–Crippen LogP) is 2.54. The van der Waals surface area contributed by atoms with Crippen molar-refractivity contribution < 1.29 is 0 Å². The van der Waals surface area contributed by atoms with E-state index in [2.05, 4.69) is 29.1 Å². The molecule has 1 saturated carbocycles. The van der Waals surface area contributed by atoms with E-state index in [0.29, 0.717) is 12.1 Å². The van der Waals surface area contributed by atoms with E-state index in [1.165, 1.54) is 36.4 Å². The van der Waals surface area contributed by atoms with E-state index in [-0.39, 0.29) is 0 Å². The van der Waals surface area contributed by atoms with Gasteiger partial charge >= 0.3 is 0 Å². The molecular weight excluding hydrogens is 230 g/mol. The summed E-state index contributed by atoms with van der Waals surface area (Å²) in [6.45, 7) is 6.43. The average Bonchev–Trinajstić information content (AvgIpc) is 2.73. The van der Waals surface area contributed by atoms with Crippen LogP contribution in [0, 0.1) is 6.92 Å². The molecule has 0 amide bonds. The van der Waals surface area contributed by atoms with Gasteiger partial charge in [0.05, 0.1) is 10.7 Å². The summed E-state index contributed by atoms with van der Waals surface area (Å²) in [7, 11) is 0. The fraction of sp³-hybridized carbons (Fsp3) is 0.769. The van der Waals surface area contributed by atoms with Crippen molar-refractivity contribution in [3.8, 4) is 0 Å². The highest BCUT2D eigenvalue weighted by atomic mass is 32.1. The molecule has 1 fully saturated rings. The molecule has 0 saturated heterocycles. The molecule has 0 unspecified atom stereocenters. The van der Waals surface area contributed by atoms with E-state index in [9.17, 15) is 0 Å². The first-order valence-electron chi connectivity index (χ1n) is 6.59. The molecule has 1 aliphatic rings. The lowest BCUT2D eigenvalue weighted by Gasteiger charge is -2.35. The van der Waals surface area contributed by atoms with Gasteiger partial charge in [-0.05, 0) is 39.2 Å². The highest BCUT2D eigenvalue weighted by Gasteiger charge is 2.23. The van der Waals surface area contributed by atoms with Gasteiger partial charge in [0.25, 0.3) is 0 Å². The second-order valence-electron chi connectivity index (χ2n) is 4.99. The molecule has 0 spiro atoms. The van der Waals surface area contributed by atoms with Crippen LogP contribution in [0.15, 0.2) is 5.38 Å². The summed E-state index contributed by atoms with van der Waals surface area (Å²) in [6.07, 6.45) is 4.85. The van der Waals surface area contributed by atoms with Gasteiger partial charge in [-0.3, -0.25) is 4.90 Å². The molecule has 1 heterocycles. The molecule has 1 aromatic rings. The zero-order chi connectivity index (χ0) is 12.3. The smallest absolute Gasteiger partial charge is 0.0897 e. The van der Waals surface area contributed by atoms with Crippen molar-refractivity contribution in [3.63, 3.8) is 0 Å². The van der Waals surface area contributed by atoms with Gasteiger partial charge in [-0.1, -0.05) is 6.92 Å². The first-order chi connectivity index (χ1) is 8.19. The molecule has 1 aromatic heterocycles. The molecule has 1 aliphatic carbocycles. The number of rotatable bonds is 4. The van der Waals surface area contributed by atoms with Crippen LogP contribution >= 0.6 is 11.3 Å². The number of nitrogens with zero attached hydrogens (tertiary/aromatic N) is 2. The van der Waals surface area contributed by atoms with E-state index in [4.69, 9.17) is 5.73 Å². The summed E-state index contributed by atoms with van der Waals surface area (Å²) >= 11 is 1.75. The Hall–Kier alpha value is -0.450. The van der Waals surface area contributed by atoms with Crippen molar-refractivity contribution in [2.75, 3.05) is 6.54 Å². The lowest BCUT2D eigenvalue weighted by atomic mass is 9.90. The Balaban J connectivity index is 1.92. The normalized spacial score (nSPS) is 25.4. The standard InChI is InChI=1S/C13H23N3S/c1-3-16(8-12-9-17-10(2)15-12)13-6-4-11(14)5-7-13/h9,11,13H,3-8,14H2,1-2H3. The van der Waals surface area contributed by atoms with Crippen LogP contribution < -0.4 is 5.73 Å². The highest BCUT2D eigenvalue weighted by molar-refractivity contribution is 7.09. The Bertz CT molecular complexity index is 342. The van der Waals surface area contributed by atoms with Crippen molar-refractivity contribution in [1.29, 1.82) is 0 Å². The predicted molar refractivity (Wildman–Crippen MR) is 73.2 cm³/mol.